The Kier molecular flexibility index (Phi) is 7.49. The standard InChI is InChI=1S/C34H33ClFN5O4/c1-3-40-20-37-17-24(40)18-41-29-15-22(33(42)43)7-10-28(29)38-31(41)19-39-13-11-21(12-14-39)25-5-4-6-30-32(25)45-34(2,44-30)26-9-8-23(35)16-27(26)36/h4-10,15-17,20-21H,3,11-14,18-19H2,1-2H3,(H,42,43)/t34-/m1/s1. The van der Waals surface area contributed by atoms with Gasteiger partial charge in [-0.05, 0) is 81.2 Å². The molecule has 2 aliphatic rings. The molecule has 0 spiro atoms. The molecule has 1 N–H and O–H groups in total. The number of carboxylic acids is 1. The van der Waals surface area contributed by atoms with Gasteiger partial charge in [0.15, 0.2) is 11.5 Å². The van der Waals surface area contributed by atoms with E-state index < -0.39 is 17.6 Å². The number of hydrogen-bond acceptors (Lipinski definition) is 6. The Bertz CT molecular complexity index is 1910. The second-order valence-corrected chi connectivity index (χ2v) is 12.2. The van der Waals surface area contributed by atoms with Crippen molar-refractivity contribution < 1.29 is 23.8 Å². The number of rotatable bonds is 8. The number of hydrogen-bond donors (Lipinski definition) is 1. The van der Waals surface area contributed by atoms with E-state index in [0.29, 0.717) is 35.2 Å². The molecule has 0 saturated carbocycles. The first kappa shape index (κ1) is 29.3. The second-order valence-electron chi connectivity index (χ2n) is 11.8. The van der Waals surface area contributed by atoms with Gasteiger partial charge < -0.3 is 23.7 Å². The summed E-state index contributed by atoms with van der Waals surface area (Å²) in [5, 5.41) is 9.95. The van der Waals surface area contributed by atoms with E-state index in [-0.39, 0.29) is 11.5 Å². The molecule has 11 heteroatoms. The number of carboxylic acid groups (broad SMARTS) is 1. The average molecular weight is 630 g/mol. The van der Waals surface area contributed by atoms with Crippen molar-refractivity contribution in [3.8, 4) is 11.5 Å². The van der Waals surface area contributed by atoms with Crippen LogP contribution in [-0.4, -0.2) is 48.2 Å². The lowest BCUT2D eigenvalue weighted by Crippen LogP contribution is -2.34. The first-order valence-corrected chi connectivity index (χ1v) is 15.5. The molecule has 0 amide bonds. The third-order valence-electron chi connectivity index (χ3n) is 8.96. The van der Waals surface area contributed by atoms with Crippen LogP contribution in [0, 0.1) is 5.82 Å². The molecule has 4 heterocycles. The van der Waals surface area contributed by atoms with Gasteiger partial charge in [0.05, 0.1) is 47.3 Å². The number of halogens is 2. The zero-order valence-corrected chi connectivity index (χ0v) is 25.8. The van der Waals surface area contributed by atoms with Gasteiger partial charge in [0.2, 0.25) is 0 Å². The quantitative estimate of drug-likeness (QED) is 0.201. The molecule has 5 aromatic rings. The van der Waals surface area contributed by atoms with Gasteiger partial charge in [-0.1, -0.05) is 23.7 Å². The van der Waals surface area contributed by atoms with Gasteiger partial charge in [0.25, 0.3) is 5.79 Å². The summed E-state index contributed by atoms with van der Waals surface area (Å²) in [6.07, 6.45) is 5.46. The lowest BCUT2D eigenvalue weighted by molar-refractivity contribution is -0.0712. The maximum atomic E-state index is 14.9. The van der Waals surface area contributed by atoms with Crippen molar-refractivity contribution in [3.05, 3.63) is 106 Å². The highest BCUT2D eigenvalue weighted by Gasteiger charge is 2.43. The maximum Gasteiger partial charge on any atom is 0.335 e. The average Bonchev–Trinajstić information content (AvgIpc) is 3.72. The van der Waals surface area contributed by atoms with Crippen LogP contribution in [0.5, 0.6) is 11.5 Å². The molecule has 1 atom stereocenters. The molecule has 9 nitrogen and oxygen atoms in total. The molecule has 1 saturated heterocycles. The minimum absolute atomic E-state index is 0.233. The number of benzene rings is 3. The molecule has 0 aliphatic carbocycles. The molecular formula is C34H33ClFN5O4. The van der Waals surface area contributed by atoms with Crippen molar-refractivity contribution >= 4 is 28.6 Å². The van der Waals surface area contributed by atoms with Gasteiger partial charge in [-0.25, -0.2) is 19.2 Å². The van der Waals surface area contributed by atoms with Gasteiger partial charge in [0.1, 0.15) is 11.6 Å². The van der Waals surface area contributed by atoms with Crippen molar-refractivity contribution in [2.24, 2.45) is 0 Å². The van der Waals surface area contributed by atoms with Crippen LogP contribution in [0.4, 0.5) is 4.39 Å². The molecule has 0 bridgehead atoms. The highest BCUT2D eigenvalue weighted by atomic mass is 35.5. The van der Waals surface area contributed by atoms with Crippen LogP contribution >= 0.6 is 11.6 Å². The highest BCUT2D eigenvalue weighted by Crippen LogP contribution is 2.49. The Labute approximate surface area is 264 Å². The molecule has 0 unspecified atom stereocenters. The number of fused-ring (bicyclic) bond motifs is 2. The van der Waals surface area contributed by atoms with Crippen LogP contribution in [0.15, 0.2) is 67.1 Å². The molecule has 2 aliphatic heterocycles. The van der Waals surface area contributed by atoms with E-state index in [0.717, 1.165) is 60.6 Å². The van der Waals surface area contributed by atoms with E-state index in [1.165, 1.54) is 6.07 Å². The Morgan fingerprint density at radius 3 is 2.69 bits per heavy atom. The van der Waals surface area contributed by atoms with E-state index in [4.69, 9.17) is 26.1 Å². The predicted molar refractivity (Wildman–Crippen MR) is 167 cm³/mol. The van der Waals surface area contributed by atoms with Gasteiger partial charge in [0, 0.05) is 30.3 Å². The third kappa shape index (κ3) is 5.42. The fourth-order valence-corrected chi connectivity index (χ4v) is 6.73. The maximum absolute atomic E-state index is 14.9. The zero-order chi connectivity index (χ0) is 31.3. The number of para-hydroxylation sites is 1. The number of aryl methyl sites for hydroxylation is 1. The van der Waals surface area contributed by atoms with Gasteiger partial charge >= 0.3 is 5.97 Å². The molecule has 2 aromatic heterocycles. The van der Waals surface area contributed by atoms with Gasteiger partial charge in [-0.2, -0.15) is 0 Å². The number of aromatic nitrogens is 4. The number of imidazole rings is 2. The summed E-state index contributed by atoms with van der Waals surface area (Å²) in [5.74, 6) is -0.338. The molecule has 232 valence electrons. The summed E-state index contributed by atoms with van der Waals surface area (Å²) in [6.45, 7) is 7.44. The van der Waals surface area contributed by atoms with E-state index in [1.807, 2.05) is 24.7 Å². The minimum atomic E-state index is -1.29. The Morgan fingerprint density at radius 1 is 1.11 bits per heavy atom. The Hall–Kier alpha value is -4.41. The van der Waals surface area contributed by atoms with Crippen LogP contribution in [0.1, 0.15) is 65.6 Å². The normalized spacial score (nSPS) is 18.6. The van der Waals surface area contributed by atoms with E-state index in [9.17, 15) is 14.3 Å². The van der Waals surface area contributed by atoms with Gasteiger partial charge in [-0.3, -0.25) is 4.90 Å². The van der Waals surface area contributed by atoms with Crippen LogP contribution in [0.25, 0.3) is 11.0 Å². The molecule has 0 radical (unpaired) electrons. The van der Waals surface area contributed by atoms with Crippen molar-refractivity contribution in [2.45, 2.75) is 58.0 Å². The Balaban J connectivity index is 1.10. The van der Waals surface area contributed by atoms with Crippen LogP contribution < -0.4 is 9.47 Å². The Morgan fingerprint density at radius 2 is 1.93 bits per heavy atom. The number of ether oxygens (including phenoxy) is 2. The second kappa shape index (κ2) is 11.5. The van der Waals surface area contributed by atoms with Crippen molar-refractivity contribution in [1.82, 2.24) is 24.0 Å². The van der Waals surface area contributed by atoms with Crippen molar-refractivity contribution in [3.63, 3.8) is 0 Å². The van der Waals surface area contributed by atoms with E-state index in [1.54, 1.807) is 37.3 Å². The van der Waals surface area contributed by atoms with E-state index in [2.05, 4.69) is 32.0 Å². The zero-order valence-electron chi connectivity index (χ0n) is 25.0. The fourth-order valence-electron chi connectivity index (χ4n) is 6.57. The first-order chi connectivity index (χ1) is 21.7. The largest absolute Gasteiger partial charge is 0.478 e. The van der Waals surface area contributed by atoms with Crippen LogP contribution in [0.3, 0.4) is 0 Å². The molecule has 7 rings (SSSR count). The molecule has 3 aromatic carbocycles. The topological polar surface area (TPSA) is 94.6 Å². The number of likely N-dealkylation sites (tertiary alicyclic amines) is 1. The molecule has 45 heavy (non-hydrogen) atoms. The minimum Gasteiger partial charge on any atom is -0.478 e. The monoisotopic (exact) mass is 629 g/mol. The fraction of sp³-hybridized carbons (Fsp3) is 0.324. The summed E-state index contributed by atoms with van der Waals surface area (Å²) in [4.78, 5) is 23.4. The number of aromatic carboxylic acids is 1. The molecule has 1 fully saturated rings. The lowest BCUT2D eigenvalue weighted by Gasteiger charge is -2.32. The number of piperidine rings is 1. The number of nitrogens with zero attached hydrogens (tertiary/aromatic N) is 5. The van der Waals surface area contributed by atoms with Gasteiger partial charge in [-0.15, -0.1) is 0 Å². The van der Waals surface area contributed by atoms with Crippen LogP contribution in [-0.2, 0) is 25.4 Å². The smallest absolute Gasteiger partial charge is 0.335 e. The third-order valence-corrected chi connectivity index (χ3v) is 9.19. The highest BCUT2D eigenvalue weighted by molar-refractivity contribution is 6.30. The summed E-state index contributed by atoms with van der Waals surface area (Å²) in [6, 6.07) is 15.5. The lowest BCUT2D eigenvalue weighted by atomic mass is 9.88. The first-order valence-electron chi connectivity index (χ1n) is 15.1. The summed E-state index contributed by atoms with van der Waals surface area (Å²) >= 11 is 5.98. The predicted octanol–water partition coefficient (Wildman–Crippen LogP) is 6.82. The molecular weight excluding hydrogens is 597 g/mol. The summed E-state index contributed by atoms with van der Waals surface area (Å²) < 4.78 is 31.6. The van der Waals surface area contributed by atoms with Crippen molar-refractivity contribution in [2.75, 3.05) is 13.1 Å². The SMILES string of the molecule is CCn1cncc1Cn1c(CN2CCC(c3cccc4c3O[C@](C)(c3ccc(Cl)cc3F)O4)CC2)nc2ccc(C(=O)O)cc21. The van der Waals surface area contributed by atoms with Crippen LogP contribution in [0.2, 0.25) is 5.02 Å². The summed E-state index contributed by atoms with van der Waals surface area (Å²) in [5.41, 5.74) is 4.18. The van der Waals surface area contributed by atoms with E-state index >= 15 is 0 Å². The number of carbonyl (C=O) groups is 1. The van der Waals surface area contributed by atoms with Crippen molar-refractivity contribution in [1.29, 1.82) is 0 Å². The summed E-state index contributed by atoms with van der Waals surface area (Å²) in [7, 11) is 0.